The number of fused-ring (bicyclic) bond motifs is 1. The van der Waals surface area contributed by atoms with Gasteiger partial charge in [0.05, 0.1) is 6.04 Å². The first-order chi connectivity index (χ1) is 11.7. The summed E-state index contributed by atoms with van der Waals surface area (Å²) >= 11 is 0. The fraction of sp³-hybridized carbons (Fsp3) is 0.474. The Kier molecular flexibility index (Phi) is 4.08. The van der Waals surface area contributed by atoms with E-state index < -0.39 is 0 Å². The first-order valence-electron chi connectivity index (χ1n) is 8.78. The second-order valence-corrected chi connectivity index (χ2v) is 6.70. The van der Waals surface area contributed by atoms with Gasteiger partial charge in [-0.2, -0.15) is 0 Å². The van der Waals surface area contributed by atoms with Gasteiger partial charge in [-0.15, -0.1) is 0 Å². The summed E-state index contributed by atoms with van der Waals surface area (Å²) in [5, 5.41) is 4.09. The number of aromatic nitrogens is 1. The molecule has 0 bridgehead atoms. The van der Waals surface area contributed by atoms with Gasteiger partial charge in [0.1, 0.15) is 11.6 Å². The Balaban J connectivity index is 1.64. The fourth-order valence-electron chi connectivity index (χ4n) is 3.89. The lowest BCUT2D eigenvalue weighted by molar-refractivity contribution is 0.0600. The number of hydrogen-bond donors (Lipinski definition) is 0. The Bertz CT molecular complexity index is 738. The summed E-state index contributed by atoms with van der Waals surface area (Å²) in [6.45, 7) is 0.711. The van der Waals surface area contributed by atoms with Crippen LogP contribution in [0, 0.1) is 5.82 Å². The van der Waals surface area contributed by atoms with Gasteiger partial charge in [-0.05, 0) is 56.2 Å². The summed E-state index contributed by atoms with van der Waals surface area (Å²) in [6.07, 6.45) is 6.88. The van der Waals surface area contributed by atoms with Gasteiger partial charge in [-0.1, -0.05) is 17.3 Å². The third-order valence-corrected chi connectivity index (χ3v) is 5.17. The molecule has 0 N–H and O–H groups in total. The van der Waals surface area contributed by atoms with E-state index in [-0.39, 0.29) is 17.8 Å². The van der Waals surface area contributed by atoms with Crippen molar-refractivity contribution >= 4 is 5.91 Å². The van der Waals surface area contributed by atoms with Crippen molar-refractivity contribution in [3.05, 3.63) is 52.7 Å². The van der Waals surface area contributed by atoms with Crippen LogP contribution >= 0.6 is 0 Å². The van der Waals surface area contributed by atoms with Gasteiger partial charge < -0.3 is 9.42 Å². The molecule has 0 saturated carbocycles. The number of carbonyl (C=O) groups excluding carboxylic acids is 1. The third kappa shape index (κ3) is 2.72. The smallest absolute Gasteiger partial charge is 0.276 e. The van der Waals surface area contributed by atoms with Crippen LogP contribution in [-0.4, -0.2) is 22.5 Å². The van der Waals surface area contributed by atoms with Gasteiger partial charge in [-0.3, -0.25) is 4.79 Å². The number of rotatable bonds is 2. The van der Waals surface area contributed by atoms with Crippen molar-refractivity contribution in [3.8, 4) is 0 Å². The topological polar surface area (TPSA) is 46.3 Å². The van der Waals surface area contributed by atoms with E-state index in [4.69, 9.17) is 4.52 Å². The zero-order chi connectivity index (χ0) is 16.5. The van der Waals surface area contributed by atoms with Crippen LogP contribution in [-0.2, 0) is 12.8 Å². The van der Waals surface area contributed by atoms with Crippen LogP contribution in [0.5, 0.6) is 0 Å². The summed E-state index contributed by atoms with van der Waals surface area (Å²) < 4.78 is 18.6. The Hall–Kier alpha value is -2.17. The van der Waals surface area contributed by atoms with Crippen LogP contribution in [0.4, 0.5) is 4.39 Å². The maximum atomic E-state index is 13.2. The summed E-state index contributed by atoms with van der Waals surface area (Å²) in [6, 6.07) is 6.48. The van der Waals surface area contributed by atoms with Crippen LogP contribution in [0.3, 0.4) is 0 Å². The van der Waals surface area contributed by atoms with E-state index >= 15 is 0 Å². The summed E-state index contributed by atoms with van der Waals surface area (Å²) in [7, 11) is 0. The van der Waals surface area contributed by atoms with Crippen LogP contribution in [0.15, 0.2) is 28.8 Å². The minimum Gasteiger partial charge on any atom is -0.360 e. The lowest BCUT2D eigenvalue weighted by atomic mass is 9.93. The first kappa shape index (κ1) is 15.4. The molecule has 1 saturated heterocycles. The number of carbonyl (C=O) groups is 1. The highest BCUT2D eigenvalue weighted by molar-refractivity contribution is 5.94. The first-order valence-corrected chi connectivity index (χ1v) is 8.78. The molecule has 2 heterocycles. The largest absolute Gasteiger partial charge is 0.360 e. The van der Waals surface area contributed by atoms with Gasteiger partial charge >= 0.3 is 0 Å². The molecule has 4 rings (SSSR count). The molecule has 1 aliphatic heterocycles. The van der Waals surface area contributed by atoms with E-state index in [0.717, 1.165) is 61.8 Å². The highest BCUT2D eigenvalue weighted by Crippen LogP contribution is 2.33. The van der Waals surface area contributed by atoms with Crippen LogP contribution in [0.1, 0.15) is 65.5 Å². The van der Waals surface area contributed by atoms with Crippen LogP contribution < -0.4 is 0 Å². The van der Waals surface area contributed by atoms with Crippen molar-refractivity contribution in [3.63, 3.8) is 0 Å². The predicted octanol–water partition coefficient (Wildman–Crippen LogP) is 4.06. The quantitative estimate of drug-likeness (QED) is 0.835. The molecule has 2 aliphatic rings. The molecule has 2 aromatic rings. The molecule has 1 atom stereocenters. The molecule has 1 aromatic heterocycles. The van der Waals surface area contributed by atoms with Gasteiger partial charge in [0, 0.05) is 18.5 Å². The number of likely N-dealkylation sites (tertiary alicyclic amines) is 1. The normalized spacial score (nSPS) is 20.7. The van der Waals surface area contributed by atoms with E-state index in [1.54, 1.807) is 12.1 Å². The van der Waals surface area contributed by atoms with E-state index in [2.05, 4.69) is 5.16 Å². The third-order valence-electron chi connectivity index (χ3n) is 5.17. The SMILES string of the molecule is O=C(c1noc2c1CCCC2)N1CCCC[C@H]1c1ccc(F)cc1. The summed E-state index contributed by atoms with van der Waals surface area (Å²) in [4.78, 5) is 15.0. The number of hydrogen-bond acceptors (Lipinski definition) is 3. The van der Waals surface area contributed by atoms with E-state index in [0.29, 0.717) is 12.2 Å². The number of benzene rings is 1. The molecule has 126 valence electrons. The maximum Gasteiger partial charge on any atom is 0.276 e. The highest BCUT2D eigenvalue weighted by Gasteiger charge is 2.33. The molecular weight excluding hydrogens is 307 g/mol. The Labute approximate surface area is 140 Å². The van der Waals surface area contributed by atoms with Gasteiger partial charge in [0.25, 0.3) is 5.91 Å². The Morgan fingerprint density at radius 3 is 2.75 bits per heavy atom. The number of amides is 1. The lowest BCUT2D eigenvalue weighted by Gasteiger charge is -2.35. The van der Waals surface area contributed by atoms with Crippen molar-refractivity contribution in [2.75, 3.05) is 6.54 Å². The fourth-order valence-corrected chi connectivity index (χ4v) is 3.89. The van der Waals surface area contributed by atoms with Gasteiger partial charge in [0.2, 0.25) is 0 Å². The molecule has 5 heteroatoms. The molecule has 24 heavy (non-hydrogen) atoms. The highest BCUT2D eigenvalue weighted by atomic mass is 19.1. The maximum absolute atomic E-state index is 13.2. The number of halogens is 1. The summed E-state index contributed by atoms with van der Waals surface area (Å²) in [5.41, 5.74) is 2.47. The zero-order valence-corrected chi connectivity index (χ0v) is 13.6. The van der Waals surface area contributed by atoms with Crippen molar-refractivity contribution in [2.45, 2.75) is 51.0 Å². The molecule has 1 aliphatic carbocycles. The minimum absolute atomic E-state index is 0.0113. The zero-order valence-electron chi connectivity index (χ0n) is 13.6. The number of aryl methyl sites for hydroxylation is 1. The van der Waals surface area contributed by atoms with Crippen molar-refractivity contribution in [2.24, 2.45) is 0 Å². The molecule has 1 fully saturated rings. The van der Waals surface area contributed by atoms with Crippen molar-refractivity contribution in [1.29, 1.82) is 0 Å². The monoisotopic (exact) mass is 328 g/mol. The van der Waals surface area contributed by atoms with E-state index in [1.807, 2.05) is 4.90 Å². The molecule has 4 nitrogen and oxygen atoms in total. The average molecular weight is 328 g/mol. The van der Waals surface area contributed by atoms with Crippen LogP contribution in [0.25, 0.3) is 0 Å². The van der Waals surface area contributed by atoms with E-state index in [1.165, 1.54) is 12.1 Å². The van der Waals surface area contributed by atoms with Gasteiger partial charge in [-0.25, -0.2) is 4.39 Å². The minimum atomic E-state index is -0.252. The van der Waals surface area contributed by atoms with Crippen molar-refractivity contribution < 1.29 is 13.7 Å². The second-order valence-electron chi connectivity index (χ2n) is 6.70. The van der Waals surface area contributed by atoms with Crippen molar-refractivity contribution in [1.82, 2.24) is 10.1 Å². The standard InChI is InChI=1S/C19H21FN2O2/c20-14-10-8-13(9-11-14)16-6-3-4-12-22(16)19(23)18-15-5-1-2-7-17(15)24-21-18/h8-11,16H,1-7,12H2/t16-/m0/s1. The number of piperidine rings is 1. The predicted molar refractivity (Wildman–Crippen MR) is 87.2 cm³/mol. The van der Waals surface area contributed by atoms with Gasteiger partial charge in [0.15, 0.2) is 5.69 Å². The van der Waals surface area contributed by atoms with E-state index in [9.17, 15) is 9.18 Å². The molecule has 1 amide bonds. The average Bonchev–Trinajstić information content (AvgIpc) is 3.06. The molecule has 0 spiro atoms. The summed E-state index contributed by atoms with van der Waals surface area (Å²) in [5.74, 6) is 0.578. The molecular formula is C19H21FN2O2. The van der Waals surface area contributed by atoms with Crippen LogP contribution in [0.2, 0.25) is 0 Å². The molecule has 0 unspecified atom stereocenters. The molecule has 1 aromatic carbocycles. The molecule has 0 radical (unpaired) electrons. The number of nitrogens with zero attached hydrogens (tertiary/aromatic N) is 2. The lowest BCUT2D eigenvalue weighted by Crippen LogP contribution is -2.39. The Morgan fingerprint density at radius 1 is 1.12 bits per heavy atom. The second kappa shape index (κ2) is 6.38. The Morgan fingerprint density at radius 2 is 1.92 bits per heavy atom.